The van der Waals surface area contributed by atoms with Gasteiger partial charge in [0.2, 0.25) is 5.91 Å². The van der Waals surface area contributed by atoms with Crippen LogP contribution in [0.15, 0.2) is 28.7 Å². The Balaban J connectivity index is 1.81. The summed E-state index contributed by atoms with van der Waals surface area (Å²) in [7, 11) is 0. The van der Waals surface area contributed by atoms with Crippen molar-refractivity contribution in [2.75, 3.05) is 11.9 Å². The summed E-state index contributed by atoms with van der Waals surface area (Å²) in [6.45, 7) is 0.332. The Bertz CT molecular complexity index is 363. The standard InChI is InChI=1S/C11H13BrN2O/c12-9-3-1-2-4-10(9)13-7-11(15)14-8-5-6-8/h1-4,8,13H,5-7H2,(H,14,15). The number of rotatable bonds is 4. The zero-order chi connectivity index (χ0) is 10.7. The maximum absolute atomic E-state index is 11.4. The van der Waals surface area contributed by atoms with Crippen molar-refractivity contribution in [3.63, 3.8) is 0 Å². The number of halogens is 1. The monoisotopic (exact) mass is 268 g/mol. The Morgan fingerprint density at radius 2 is 2.13 bits per heavy atom. The molecule has 0 aliphatic heterocycles. The Hall–Kier alpha value is -1.03. The van der Waals surface area contributed by atoms with E-state index in [0.29, 0.717) is 12.6 Å². The molecule has 0 saturated heterocycles. The highest BCUT2D eigenvalue weighted by atomic mass is 79.9. The molecule has 4 heteroatoms. The minimum Gasteiger partial charge on any atom is -0.375 e. The second-order valence-electron chi connectivity index (χ2n) is 3.68. The molecule has 1 amide bonds. The van der Waals surface area contributed by atoms with Gasteiger partial charge in [0.1, 0.15) is 0 Å². The van der Waals surface area contributed by atoms with Crippen LogP contribution < -0.4 is 10.6 Å². The van der Waals surface area contributed by atoms with Crippen LogP contribution in [0.25, 0.3) is 0 Å². The zero-order valence-corrected chi connectivity index (χ0v) is 9.88. The van der Waals surface area contributed by atoms with Gasteiger partial charge in [-0.05, 0) is 40.9 Å². The first-order valence-electron chi connectivity index (χ1n) is 5.03. The predicted octanol–water partition coefficient (Wildman–Crippen LogP) is 2.14. The van der Waals surface area contributed by atoms with Crippen molar-refractivity contribution in [1.29, 1.82) is 0 Å². The Labute approximate surface area is 97.4 Å². The molecule has 15 heavy (non-hydrogen) atoms. The van der Waals surface area contributed by atoms with E-state index in [0.717, 1.165) is 23.0 Å². The SMILES string of the molecule is O=C(CNc1ccccc1Br)NC1CC1. The van der Waals surface area contributed by atoms with Gasteiger partial charge in [0, 0.05) is 16.2 Å². The van der Waals surface area contributed by atoms with Gasteiger partial charge in [0.15, 0.2) is 0 Å². The fourth-order valence-electron chi connectivity index (χ4n) is 1.29. The van der Waals surface area contributed by atoms with Crippen molar-refractivity contribution in [3.05, 3.63) is 28.7 Å². The number of anilines is 1. The van der Waals surface area contributed by atoms with Gasteiger partial charge >= 0.3 is 0 Å². The van der Waals surface area contributed by atoms with Crippen LogP contribution in [-0.2, 0) is 4.79 Å². The lowest BCUT2D eigenvalue weighted by Crippen LogP contribution is -2.31. The Morgan fingerprint density at radius 1 is 1.40 bits per heavy atom. The van der Waals surface area contributed by atoms with Crippen molar-refractivity contribution in [1.82, 2.24) is 5.32 Å². The summed E-state index contributed by atoms with van der Waals surface area (Å²) in [6, 6.07) is 8.19. The molecule has 0 spiro atoms. The third-order valence-electron chi connectivity index (χ3n) is 2.26. The van der Waals surface area contributed by atoms with Crippen molar-refractivity contribution >= 4 is 27.5 Å². The molecular formula is C11H13BrN2O. The van der Waals surface area contributed by atoms with Crippen molar-refractivity contribution in [2.45, 2.75) is 18.9 Å². The summed E-state index contributed by atoms with van der Waals surface area (Å²) >= 11 is 3.42. The quantitative estimate of drug-likeness (QED) is 0.879. The lowest BCUT2D eigenvalue weighted by molar-refractivity contribution is -0.119. The second-order valence-corrected chi connectivity index (χ2v) is 4.53. The molecule has 1 saturated carbocycles. The van der Waals surface area contributed by atoms with E-state index >= 15 is 0 Å². The molecule has 0 radical (unpaired) electrons. The molecule has 3 nitrogen and oxygen atoms in total. The number of nitrogens with one attached hydrogen (secondary N) is 2. The number of carbonyl (C=O) groups is 1. The van der Waals surface area contributed by atoms with Crippen LogP contribution in [0.3, 0.4) is 0 Å². The molecule has 1 aromatic carbocycles. The summed E-state index contributed by atoms with van der Waals surface area (Å²) < 4.78 is 0.976. The molecular weight excluding hydrogens is 256 g/mol. The predicted molar refractivity (Wildman–Crippen MR) is 63.8 cm³/mol. The first kappa shape index (κ1) is 10.5. The van der Waals surface area contributed by atoms with Crippen LogP contribution in [0.4, 0.5) is 5.69 Å². The van der Waals surface area contributed by atoms with Crippen molar-refractivity contribution < 1.29 is 4.79 Å². The van der Waals surface area contributed by atoms with Crippen LogP contribution >= 0.6 is 15.9 Å². The number of carbonyl (C=O) groups excluding carboxylic acids is 1. The third kappa shape index (κ3) is 3.23. The zero-order valence-electron chi connectivity index (χ0n) is 8.29. The van der Waals surface area contributed by atoms with Gasteiger partial charge in [-0.15, -0.1) is 0 Å². The molecule has 0 atom stereocenters. The molecule has 2 N–H and O–H groups in total. The summed E-state index contributed by atoms with van der Waals surface area (Å²) in [5.41, 5.74) is 0.948. The fourth-order valence-corrected chi connectivity index (χ4v) is 1.71. The maximum atomic E-state index is 11.4. The van der Waals surface area contributed by atoms with Gasteiger partial charge in [-0.3, -0.25) is 4.79 Å². The third-order valence-corrected chi connectivity index (χ3v) is 2.95. The van der Waals surface area contributed by atoms with Crippen molar-refractivity contribution in [2.24, 2.45) is 0 Å². The van der Waals surface area contributed by atoms with E-state index in [1.807, 2.05) is 24.3 Å². The molecule has 1 aliphatic carbocycles. The van der Waals surface area contributed by atoms with Gasteiger partial charge in [-0.1, -0.05) is 12.1 Å². The van der Waals surface area contributed by atoms with Crippen LogP contribution in [0, 0.1) is 0 Å². The van der Waals surface area contributed by atoms with Gasteiger partial charge in [-0.25, -0.2) is 0 Å². The highest BCUT2D eigenvalue weighted by molar-refractivity contribution is 9.10. The normalized spacial score (nSPS) is 14.7. The molecule has 1 aromatic rings. The molecule has 0 aromatic heterocycles. The number of amides is 1. The smallest absolute Gasteiger partial charge is 0.239 e. The highest BCUT2D eigenvalue weighted by Crippen LogP contribution is 2.21. The summed E-state index contributed by atoms with van der Waals surface area (Å²) in [5, 5.41) is 6.01. The van der Waals surface area contributed by atoms with E-state index in [9.17, 15) is 4.79 Å². The first-order valence-corrected chi connectivity index (χ1v) is 5.83. The van der Waals surface area contributed by atoms with Gasteiger partial charge < -0.3 is 10.6 Å². The average molecular weight is 269 g/mol. The van der Waals surface area contributed by atoms with Crippen LogP contribution in [0.5, 0.6) is 0 Å². The van der Waals surface area contributed by atoms with Crippen LogP contribution in [0.2, 0.25) is 0 Å². The topological polar surface area (TPSA) is 41.1 Å². The molecule has 0 bridgehead atoms. The van der Waals surface area contributed by atoms with E-state index < -0.39 is 0 Å². The van der Waals surface area contributed by atoms with E-state index in [2.05, 4.69) is 26.6 Å². The number of hydrogen-bond donors (Lipinski definition) is 2. The number of para-hydroxylation sites is 1. The molecule has 80 valence electrons. The van der Waals surface area contributed by atoms with E-state index in [1.165, 1.54) is 0 Å². The van der Waals surface area contributed by atoms with Crippen LogP contribution in [0.1, 0.15) is 12.8 Å². The van der Waals surface area contributed by atoms with E-state index in [-0.39, 0.29) is 5.91 Å². The largest absolute Gasteiger partial charge is 0.375 e. The Kier molecular flexibility index (Phi) is 3.26. The van der Waals surface area contributed by atoms with Gasteiger partial charge in [-0.2, -0.15) is 0 Å². The number of benzene rings is 1. The molecule has 0 unspecified atom stereocenters. The first-order chi connectivity index (χ1) is 7.25. The highest BCUT2D eigenvalue weighted by Gasteiger charge is 2.22. The maximum Gasteiger partial charge on any atom is 0.239 e. The molecule has 0 heterocycles. The number of hydrogen-bond acceptors (Lipinski definition) is 2. The second kappa shape index (κ2) is 4.66. The minimum absolute atomic E-state index is 0.0632. The summed E-state index contributed by atoms with van der Waals surface area (Å²) in [4.78, 5) is 11.4. The fraction of sp³-hybridized carbons (Fsp3) is 0.364. The van der Waals surface area contributed by atoms with E-state index in [1.54, 1.807) is 0 Å². The molecule has 1 aliphatic rings. The van der Waals surface area contributed by atoms with Gasteiger partial charge in [0.05, 0.1) is 6.54 Å². The van der Waals surface area contributed by atoms with E-state index in [4.69, 9.17) is 0 Å². The summed E-state index contributed by atoms with van der Waals surface area (Å²) in [5.74, 6) is 0.0632. The Morgan fingerprint density at radius 3 is 2.80 bits per heavy atom. The minimum atomic E-state index is 0.0632. The van der Waals surface area contributed by atoms with Gasteiger partial charge in [0.25, 0.3) is 0 Å². The van der Waals surface area contributed by atoms with Crippen molar-refractivity contribution in [3.8, 4) is 0 Å². The lowest BCUT2D eigenvalue weighted by atomic mass is 10.3. The molecule has 2 rings (SSSR count). The van der Waals surface area contributed by atoms with Crippen LogP contribution in [-0.4, -0.2) is 18.5 Å². The molecule has 1 fully saturated rings. The lowest BCUT2D eigenvalue weighted by Gasteiger charge is -2.08. The average Bonchev–Trinajstić information content (AvgIpc) is 3.00. The summed E-state index contributed by atoms with van der Waals surface area (Å²) in [6.07, 6.45) is 2.25.